The van der Waals surface area contributed by atoms with Crippen LogP contribution < -0.4 is 5.56 Å². The maximum Gasteiger partial charge on any atom is 0.275 e. The van der Waals surface area contributed by atoms with E-state index < -0.39 is 0 Å². The second kappa shape index (κ2) is 5.17. The first-order valence-corrected chi connectivity index (χ1v) is 7.18. The number of nitrogens with one attached hydrogen (secondary N) is 1. The number of nitrogens with zero attached hydrogens (tertiary/aromatic N) is 4. The Balaban J connectivity index is 2.01. The van der Waals surface area contributed by atoms with Crippen LogP contribution in [0.15, 0.2) is 59.9 Å². The average molecular weight is 303 g/mol. The molecule has 1 N–H and O–H groups in total. The first-order chi connectivity index (χ1) is 11.3. The van der Waals surface area contributed by atoms with Crippen LogP contribution in [0.3, 0.4) is 0 Å². The minimum Gasteiger partial charge on any atom is -0.317 e. The van der Waals surface area contributed by atoms with E-state index in [1.165, 1.54) is 0 Å². The molecule has 0 radical (unpaired) electrons. The van der Waals surface area contributed by atoms with Crippen molar-refractivity contribution < 1.29 is 0 Å². The van der Waals surface area contributed by atoms with Crippen molar-refractivity contribution in [3.63, 3.8) is 0 Å². The molecule has 6 heteroatoms. The van der Waals surface area contributed by atoms with Crippen LogP contribution in [-0.2, 0) is 0 Å². The van der Waals surface area contributed by atoms with Gasteiger partial charge < -0.3 is 4.98 Å². The van der Waals surface area contributed by atoms with Crippen LogP contribution in [-0.4, -0.2) is 24.3 Å². The van der Waals surface area contributed by atoms with Crippen molar-refractivity contribution in [3.8, 4) is 22.8 Å². The standard InChI is InChI=1S/C17H13N5O/c1-11-14(12-6-2-4-8-18-12)21-17(23)16-15(20-10-22(11)16)13-7-3-5-9-19-13/h2-10H,1H3,(H,21,23). The number of aryl methyl sites for hydroxylation is 1. The fourth-order valence-electron chi connectivity index (χ4n) is 2.65. The molecule has 6 nitrogen and oxygen atoms in total. The van der Waals surface area contributed by atoms with Crippen molar-refractivity contribution in [3.05, 3.63) is 71.2 Å². The quantitative estimate of drug-likeness (QED) is 0.617. The lowest BCUT2D eigenvalue weighted by atomic mass is 10.2. The van der Waals surface area contributed by atoms with Crippen LogP contribution in [0.25, 0.3) is 28.3 Å². The molecule has 0 aromatic carbocycles. The van der Waals surface area contributed by atoms with Gasteiger partial charge in [-0.25, -0.2) is 4.98 Å². The summed E-state index contributed by atoms with van der Waals surface area (Å²) in [6, 6.07) is 11.1. The maximum absolute atomic E-state index is 12.6. The van der Waals surface area contributed by atoms with Crippen molar-refractivity contribution in [1.82, 2.24) is 24.3 Å². The summed E-state index contributed by atoms with van der Waals surface area (Å²) in [5.41, 5.74) is 3.79. The molecule has 0 aliphatic carbocycles. The zero-order chi connectivity index (χ0) is 15.8. The SMILES string of the molecule is Cc1c(-c2ccccn2)[nH]c(=O)c2c(-c3ccccn3)ncn12. The second-order valence-corrected chi connectivity index (χ2v) is 5.16. The van der Waals surface area contributed by atoms with E-state index in [0.29, 0.717) is 22.6 Å². The fraction of sp³-hybridized carbons (Fsp3) is 0.0588. The van der Waals surface area contributed by atoms with Crippen molar-refractivity contribution in [2.45, 2.75) is 6.92 Å². The molecule has 0 spiro atoms. The number of pyridine rings is 2. The van der Waals surface area contributed by atoms with Gasteiger partial charge in [0.15, 0.2) is 0 Å². The molecule has 0 fully saturated rings. The molecule has 0 atom stereocenters. The Morgan fingerprint density at radius 3 is 2.30 bits per heavy atom. The van der Waals surface area contributed by atoms with Crippen molar-refractivity contribution in [1.29, 1.82) is 0 Å². The van der Waals surface area contributed by atoms with Crippen LogP contribution in [0.1, 0.15) is 5.69 Å². The first-order valence-electron chi connectivity index (χ1n) is 7.18. The smallest absolute Gasteiger partial charge is 0.275 e. The molecular weight excluding hydrogens is 290 g/mol. The summed E-state index contributed by atoms with van der Waals surface area (Å²) in [7, 11) is 0. The minimum absolute atomic E-state index is 0.214. The van der Waals surface area contributed by atoms with Gasteiger partial charge in [-0.1, -0.05) is 12.1 Å². The monoisotopic (exact) mass is 303 g/mol. The van der Waals surface area contributed by atoms with Crippen molar-refractivity contribution in [2.75, 3.05) is 0 Å². The topological polar surface area (TPSA) is 75.9 Å². The largest absolute Gasteiger partial charge is 0.317 e. The van der Waals surface area contributed by atoms with Crippen LogP contribution >= 0.6 is 0 Å². The predicted octanol–water partition coefficient (Wildman–Crippen LogP) is 2.46. The summed E-state index contributed by atoms with van der Waals surface area (Å²) in [6.45, 7) is 1.93. The van der Waals surface area contributed by atoms with E-state index in [9.17, 15) is 4.79 Å². The lowest BCUT2D eigenvalue weighted by molar-refractivity contribution is 1.02. The third-order valence-corrected chi connectivity index (χ3v) is 3.77. The third-order valence-electron chi connectivity index (χ3n) is 3.77. The molecule has 0 amide bonds. The summed E-state index contributed by atoms with van der Waals surface area (Å²) in [5, 5.41) is 0. The van der Waals surface area contributed by atoms with E-state index in [2.05, 4.69) is 19.9 Å². The van der Waals surface area contributed by atoms with Gasteiger partial charge in [0.25, 0.3) is 5.56 Å². The van der Waals surface area contributed by atoms with Crippen LogP contribution in [0, 0.1) is 6.92 Å². The first kappa shape index (κ1) is 13.4. The van der Waals surface area contributed by atoms with Crippen LogP contribution in [0.2, 0.25) is 0 Å². The maximum atomic E-state index is 12.6. The number of hydrogen-bond donors (Lipinski definition) is 1. The van der Waals surface area contributed by atoms with E-state index in [-0.39, 0.29) is 5.56 Å². The number of aromatic nitrogens is 5. The van der Waals surface area contributed by atoms with E-state index in [4.69, 9.17) is 0 Å². The molecule has 0 bridgehead atoms. The highest BCUT2D eigenvalue weighted by Crippen LogP contribution is 2.23. The molecule has 4 heterocycles. The van der Waals surface area contributed by atoms with E-state index in [0.717, 1.165) is 11.4 Å². The number of fused-ring (bicyclic) bond motifs is 1. The summed E-state index contributed by atoms with van der Waals surface area (Å²) in [5.74, 6) is 0. The van der Waals surface area contributed by atoms with Gasteiger partial charge >= 0.3 is 0 Å². The van der Waals surface area contributed by atoms with E-state index >= 15 is 0 Å². The Morgan fingerprint density at radius 1 is 0.957 bits per heavy atom. The average Bonchev–Trinajstić information content (AvgIpc) is 3.06. The highest BCUT2D eigenvalue weighted by molar-refractivity contribution is 5.75. The minimum atomic E-state index is -0.214. The summed E-state index contributed by atoms with van der Waals surface area (Å²) in [6.07, 6.45) is 5.03. The Bertz CT molecular complexity index is 1040. The molecule has 0 aliphatic rings. The van der Waals surface area contributed by atoms with Crippen LogP contribution in [0.4, 0.5) is 0 Å². The van der Waals surface area contributed by atoms with Gasteiger partial charge in [0.2, 0.25) is 0 Å². The Morgan fingerprint density at radius 2 is 1.65 bits per heavy atom. The zero-order valence-electron chi connectivity index (χ0n) is 12.4. The van der Waals surface area contributed by atoms with Gasteiger partial charge in [-0.05, 0) is 31.2 Å². The van der Waals surface area contributed by atoms with Gasteiger partial charge in [-0.3, -0.25) is 19.2 Å². The highest BCUT2D eigenvalue weighted by Gasteiger charge is 2.16. The lowest BCUT2D eigenvalue weighted by Gasteiger charge is -2.08. The lowest BCUT2D eigenvalue weighted by Crippen LogP contribution is -2.14. The predicted molar refractivity (Wildman–Crippen MR) is 87.0 cm³/mol. The molecule has 0 saturated heterocycles. The number of aromatic amines is 1. The molecule has 0 unspecified atom stereocenters. The molecular formula is C17H13N5O. The molecule has 112 valence electrons. The summed E-state index contributed by atoms with van der Waals surface area (Å²) >= 11 is 0. The summed E-state index contributed by atoms with van der Waals surface area (Å²) in [4.78, 5) is 28.5. The molecule has 4 aromatic heterocycles. The fourth-order valence-corrected chi connectivity index (χ4v) is 2.65. The molecule has 0 saturated carbocycles. The molecule has 4 rings (SSSR count). The number of rotatable bonds is 2. The van der Waals surface area contributed by atoms with E-state index in [1.807, 2.05) is 43.3 Å². The van der Waals surface area contributed by atoms with Gasteiger partial charge in [0, 0.05) is 18.1 Å². The third kappa shape index (κ3) is 2.12. The van der Waals surface area contributed by atoms with Gasteiger partial charge in [-0.15, -0.1) is 0 Å². The van der Waals surface area contributed by atoms with Gasteiger partial charge in [-0.2, -0.15) is 0 Å². The van der Waals surface area contributed by atoms with Gasteiger partial charge in [0.1, 0.15) is 17.5 Å². The number of imidazole rings is 1. The molecule has 4 aromatic rings. The van der Waals surface area contributed by atoms with Crippen molar-refractivity contribution >= 4 is 5.52 Å². The zero-order valence-corrected chi connectivity index (χ0v) is 12.4. The normalized spacial score (nSPS) is 11.0. The summed E-state index contributed by atoms with van der Waals surface area (Å²) < 4.78 is 1.78. The molecule has 0 aliphatic heterocycles. The Labute approximate surface area is 131 Å². The molecule has 23 heavy (non-hydrogen) atoms. The second-order valence-electron chi connectivity index (χ2n) is 5.16. The number of H-pyrrole nitrogens is 1. The van der Waals surface area contributed by atoms with E-state index in [1.54, 1.807) is 23.1 Å². The van der Waals surface area contributed by atoms with Crippen LogP contribution in [0.5, 0.6) is 0 Å². The highest BCUT2D eigenvalue weighted by atomic mass is 16.1. The van der Waals surface area contributed by atoms with Gasteiger partial charge in [0.05, 0.1) is 17.1 Å². The van der Waals surface area contributed by atoms with Crippen molar-refractivity contribution in [2.24, 2.45) is 0 Å². The Kier molecular flexibility index (Phi) is 3.01. The Hall–Kier alpha value is -3.28. The number of hydrogen-bond acceptors (Lipinski definition) is 4.